The monoisotopic (exact) mass is 268 g/mol. The number of hydrogen-bond acceptors (Lipinski definition) is 3. The maximum absolute atomic E-state index is 12.3. The van der Waals surface area contributed by atoms with Crippen molar-refractivity contribution in [2.75, 3.05) is 26.2 Å². The molecule has 1 aliphatic rings. The topological polar surface area (TPSA) is 35.5 Å². The van der Waals surface area contributed by atoms with Gasteiger partial charge < -0.3 is 15.3 Å². The first-order chi connectivity index (χ1) is 8.28. The van der Waals surface area contributed by atoms with Crippen molar-refractivity contribution in [3.8, 4) is 0 Å². The van der Waals surface area contributed by atoms with E-state index in [1.807, 2.05) is 0 Å². The van der Waals surface area contributed by atoms with Crippen LogP contribution in [-0.2, 0) is 0 Å². The number of aliphatic hydroxyl groups is 1. The van der Waals surface area contributed by atoms with Crippen molar-refractivity contribution in [3.63, 3.8) is 0 Å². The van der Waals surface area contributed by atoms with Crippen molar-refractivity contribution in [1.29, 1.82) is 0 Å². The van der Waals surface area contributed by atoms with Crippen LogP contribution in [-0.4, -0.2) is 54.0 Å². The molecule has 3 nitrogen and oxygen atoms in total. The second-order valence-corrected chi connectivity index (χ2v) is 5.39. The van der Waals surface area contributed by atoms with Crippen molar-refractivity contribution in [2.45, 2.75) is 50.9 Å². The summed E-state index contributed by atoms with van der Waals surface area (Å²) >= 11 is 0. The first kappa shape index (κ1) is 15.7. The first-order valence-corrected chi connectivity index (χ1v) is 6.45. The van der Waals surface area contributed by atoms with E-state index in [-0.39, 0.29) is 6.61 Å². The van der Waals surface area contributed by atoms with Crippen LogP contribution in [0.4, 0.5) is 13.2 Å². The van der Waals surface area contributed by atoms with Crippen LogP contribution < -0.4 is 5.32 Å². The van der Waals surface area contributed by atoms with Crippen molar-refractivity contribution < 1.29 is 18.3 Å². The number of rotatable bonds is 4. The largest absolute Gasteiger partial charge is 0.401 e. The van der Waals surface area contributed by atoms with Crippen molar-refractivity contribution in [1.82, 2.24) is 10.2 Å². The van der Waals surface area contributed by atoms with Gasteiger partial charge in [-0.25, -0.2) is 0 Å². The molecular formula is C12H23F3N2O. The zero-order chi connectivity index (χ0) is 13.8. The molecule has 0 saturated carbocycles. The van der Waals surface area contributed by atoms with E-state index >= 15 is 0 Å². The van der Waals surface area contributed by atoms with Crippen LogP contribution in [0.15, 0.2) is 0 Å². The van der Waals surface area contributed by atoms with Crippen LogP contribution in [0.1, 0.15) is 33.1 Å². The quantitative estimate of drug-likeness (QED) is 0.815. The minimum atomic E-state index is -4.23. The van der Waals surface area contributed by atoms with Crippen LogP contribution in [0.3, 0.4) is 0 Å². The molecule has 0 bridgehead atoms. The van der Waals surface area contributed by atoms with Gasteiger partial charge in [0, 0.05) is 18.1 Å². The zero-order valence-corrected chi connectivity index (χ0v) is 11.1. The molecule has 2 N–H and O–H groups in total. The van der Waals surface area contributed by atoms with Gasteiger partial charge in [-0.3, -0.25) is 0 Å². The summed E-state index contributed by atoms with van der Waals surface area (Å²) in [6.45, 7) is 4.49. The molecule has 0 aliphatic carbocycles. The highest BCUT2D eigenvalue weighted by Gasteiger charge is 2.36. The fraction of sp³-hybridized carbons (Fsp3) is 1.00. The number of alkyl halides is 3. The molecule has 1 unspecified atom stereocenters. The molecule has 0 aromatic rings. The van der Waals surface area contributed by atoms with Gasteiger partial charge in [-0.2, -0.15) is 13.2 Å². The number of nitrogens with one attached hydrogen (secondary N) is 1. The van der Waals surface area contributed by atoms with Crippen LogP contribution in [0.2, 0.25) is 0 Å². The van der Waals surface area contributed by atoms with Gasteiger partial charge in [-0.05, 0) is 39.7 Å². The molecule has 1 saturated heterocycles. The fourth-order valence-corrected chi connectivity index (χ4v) is 2.41. The summed E-state index contributed by atoms with van der Waals surface area (Å²) < 4.78 is 36.8. The van der Waals surface area contributed by atoms with Crippen molar-refractivity contribution in [2.24, 2.45) is 0 Å². The lowest BCUT2D eigenvalue weighted by atomic mass is 9.91. The maximum atomic E-state index is 12.3. The Bertz CT molecular complexity index is 258. The van der Waals surface area contributed by atoms with E-state index in [9.17, 15) is 18.3 Å². The van der Waals surface area contributed by atoms with Gasteiger partial charge in [-0.15, -0.1) is 0 Å². The third kappa shape index (κ3) is 4.74. The molecule has 1 fully saturated rings. The third-order valence-corrected chi connectivity index (χ3v) is 3.68. The number of likely N-dealkylation sites (tertiary alicyclic amines) is 1. The van der Waals surface area contributed by atoms with E-state index < -0.39 is 18.3 Å². The Morgan fingerprint density at radius 2 is 1.94 bits per heavy atom. The molecule has 1 heterocycles. The molecule has 108 valence electrons. The molecule has 1 aliphatic heterocycles. The number of hydrogen-bond donors (Lipinski definition) is 2. The predicted octanol–water partition coefficient (Wildman–Crippen LogP) is 1.76. The van der Waals surface area contributed by atoms with Gasteiger partial charge in [0.15, 0.2) is 0 Å². The average Bonchev–Trinajstić information content (AvgIpc) is 2.48. The van der Waals surface area contributed by atoms with E-state index in [2.05, 4.69) is 24.1 Å². The smallest absolute Gasteiger partial charge is 0.394 e. The Balaban J connectivity index is 2.59. The van der Waals surface area contributed by atoms with Crippen molar-refractivity contribution in [3.05, 3.63) is 0 Å². The molecule has 18 heavy (non-hydrogen) atoms. The predicted molar refractivity (Wildman–Crippen MR) is 64.4 cm³/mol. The van der Waals surface area contributed by atoms with Gasteiger partial charge in [-0.1, -0.05) is 0 Å². The van der Waals surface area contributed by atoms with Gasteiger partial charge in [0.2, 0.25) is 0 Å². The fourth-order valence-electron chi connectivity index (χ4n) is 2.41. The third-order valence-electron chi connectivity index (χ3n) is 3.68. The lowest BCUT2D eigenvalue weighted by Crippen LogP contribution is -2.52. The zero-order valence-electron chi connectivity index (χ0n) is 11.1. The molecule has 0 spiro atoms. The van der Waals surface area contributed by atoms with E-state index in [1.54, 1.807) is 0 Å². The highest BCUT2D eigenvalue weighted by Crippen LogP contribution is 2.25. The average molecular weight is 268 g/mol. The summed E-state index contributed by atoms with van der Waals surface area (Å²) in [5, 5.41) is 12.0. The molecule has 0 aromatic heterocycles. The van der Waals surface area contributed by atoms with Crippen LogP contribution in [0, 0.1) is 0 Å². The highest BCUT2D eigenvalue weighted by molar-refractivity contribution is 4.92. The van der Waals surface area contributed by atoms with Gasteiger partial charge in [0.25, 0.3) is 0 Å². The molecule has 1 rings (SSSR count). The summed E-state index contributed by atoms with van der Waals surface area (Å²) in [5.74, 6) is 0. The summed E-state index contributed by atoms with van der Waals surface area (Å²) in [6, 6.07) is 0.391. The molecular weight excluding hydrogens is 245 g/mol. The van der Waals surface area contributed by atoms with Gasteiger partial charge in [0.1, 0.15) is 0 Å². The SMILES string of the molecule is CC(C)N1CCCC(CO)(NCC(F)(F)F)CC1. The molecule has 0 radical (unpaired) electrons. The first-order valence-electron chi connectivity index (χ1n) is 6.45. The Morgan fingerprint density at radius 1 is 1.28 bits per heavy atom. The Morgan fingerprint density at radius 3 is 2.44 bits per heavy atom. The lowest BCUT2D eigenvalue weighted by molar-refractivity contribution is -0.130. The van der Waals surface area contributed by atoms with Crippen LogP contribution in [0.5, 0.6) is 0 Å². The standard InChI is InChI=1S/C12H23F3N2O/c1-10(2)17-6-3-4-11(9-18,5-7-17)16-8-12(13,14)15/h10,16,18H,3-9H2,1-2H3. The summed E-state index contributed by atoms with van der Waals surface area (Å²) in [6.07, 6.45) is -2.28. The Kier molecular flexibility index (Phi) is 5.43. The van der Waals surface area contributed by atoms with Gasteiger partial charge in [0.05, 0.1) is 13.2 Å². The minimum absolute atomic E-state index is 0.241. The highest BCUT2D eigenvalue weighted by atomic mass is 19.4. The van der Waals surface area contributed by atoms with Crippen LogP contribution >= 0.6 is 0 Å². The Hall–Kier alpha value is -0.330. The van der Waals surface area contributed by atoms with Crippen LogP contribution in [0.25, 0.3) is 0 Å². The number of nitrogens with zero attached hydrogens (tertiary/aromatic N) is 1. The normalized spacial score (nSPS) is 27.5. The lowest BCUT2D eigenvalue weighted by Gasteiger charge is -2.33. The molecule has 1 atom stereocenters. The molecule has 0 aromatic carbocycles. The molecule has 0 amide bonds. The van der Waals surface area contributed by atoms with E-state index in [0.29, 0.717) is 18.9 Å². The second-order valence-electron chi connectivity index (χ2n) is 5.39. The van der Waals surface area contributed by atoms with E-state index in [1.165, 1.54) is 0 Å². The summed E-state index contributed by atoms with van der Waals surface area (Å²) in [7, 11) is 0. The van der Waals surface area contributed by atoms with Gasteiger partial charge >= 0.3 is 6.18 Å². The van der Waals surface area contributed by atoms with E-state index in [4.69, 9.17) is 0 Å². The second kappa shape index (κ2) is 6.21. The summed E-state index contributed by atoms with van der Waals surface area (Å²) in [4.78, 5) is 2.24. The number of halogens is 3. The minimum Gasteiger partial charge on any atom is -0.394 e. The van der Waals surface area contributed by atoms with Crippen molar-refractivity contribution >= 4 is 0 Å². The Labute approximate surface area is 106 Å². The maximum Gasteiger partial charge on any atom is 0.401 e. The summed E-state index contributed by atoms with van der Waals surface area (Å²) in [5.41, 5.74) is -0.779. The number of aliphatic hydroxyl groups excluding tert-OH is 1. The van der Waals surface area contributed by atoms with E-state index in [0.717, 1.165) is 19.5 Å². The molecule has 6 heteroatoms.